The number of anilines is 1. The number of methoxy groups -OCH3 is 1. The lowest BCUT2D eigenvalue weighted by Gasteiger charge is -2.08. The standard InChI is InChI=1S/C10H11NO4/c1-6(12)8-5-7(15-2)3-4-9(8)11-10(13)14/h3-5,11H,1-2H3,(H,13,14). The maximum absolute atomic E-state index is 11.2. The van der Waals surface area contributed by atoms with Gasteiger partial charge in [-0.25, -0.2) is 4.79 Å². The minimum atomic E-state index is -1.21. The summed E-state index contributed by atoms with van der Waals surface area (Å²) in [4.78, 5) is 21.7. The van der Waals surface area contributed by atoms with E-state index in [9.17, 15) is 9.59 Å². The average Bonchev–Trinajstić information content (AvgIpc) is 2.17. The van der Waals surface area contributed by atoms with Crippen molar-refractivity contribution in [2.75, 3.05) is 12.4 Å². The van der Waals surface area contributed by atoms with Gasteiger partial charge in [-0.3, -0.25) is 10.1 Å². The summed E-state index contributed by atoms with van der Waals surface area (Å²) in [5, 5.41) is 10.7. The van der Waals surface area contributed by atoms with E-state index in [0.717, 1.165) is 0 Å². The van der Waals surface area contributed by atoms with Gasteiger partial charge in [-0.2, -0.15) is 0 Å². The highest BCUT2D eigenvalue weighted by molar-refractivity contribution is 6.02. The fourth-order valence-electron chi connectivity index (χ4n) is 1.17. The highest BCUT2D eigenvalue weighted by Crippen LogP contribution is 2.22. The number of ketones is 1. The van der Waals surface area contributed by atoms with Crippen molar-refractivity contribution >= 4 is 17.6 Å². The van der Waals surface area contributed by atoms with Crippen LogP contribution in [0, 0.1) is 0 Å². The van der Waals surface area contributed by atoms with Gasteiger partial charge in [-0.1, -0.05) is 0 Å². The Kier molecular flexibility index (Phi) is 3.28. The Balaban J connectivity index is 3.15. The second kappa shape index (κ2) is 4.45. The molecule has 2 N–H and O–H groups in total. The van der Waals surface area contributed by atoms with Crippen LogP contribution in [0.2, 0.25) is 0 Å². The molecule has 0 unspecified atom stereocenters. The van der Waals surface area contributed by atoms with Gasteiger partial charge in [-0.05, 0) is 25.1 Å². The summed E-state index contributed by atoms with van der Waals surface area (Å²) < 4.78 is 4.94. The largest absolute Gasteiger partial charge is 0.497 e. The third-order valence-electron chi connectivity index (χ3n) is 1.85. The molecule has 0 aliphatic rings. The second-order valence-corrected chi connectivity index (χ2v) is 2.90. The second-order valence-electron chi connectivity index (χ2n) is 2.90. The van der Waals surface area contributed by atoms with Gasteiger partial charge in [-0.15, -0.1) is 0 Å². The summed E-state index contributed by atoms with van der Waals surface area (Å²) in [6, 6.07) is 4.56. The van der Waals surface area contributed by atoms with Crippen LogP contribution in [0.25, 0.3) is 0 Å². The summed E-state index contributed by atoms with van der Waals surface area (Å²) in [5.41, 5.74) is 0.549. The van der Waals surface area contributed by atoms with Crippen LogP contribution in [0.15, 0.2) is 18.2 Å². The van der Waals surface area contributed by atoms with E-state index in [1.807, 2.05) is 0 Å². The first kappa shape index (κ1) is 11.0. The molecule has 80 valence electrons. The molecule has 15 heavy (non-hydrogen) atoms. The molecule has 1 amide bonds. The normalized spacial score (nSPS) is 9.47. The zero-order valence-electron chi connectivity index (χ0n) is 8.40. The maximum atomic E-state index is 11.2. The van der Waals surface area contributed by atoms with Crippen LogP contribution in [0.5, 0.6) is 5.75 Å². The number of ether oxygens (including phenoxy) is 1. The molecule has 0 bridgehead atoms. The topological polar surface area (TPSA) is 75.6 Å². The van der Waals surface area contributed by atoms with Crippen molar-refractivity contribution in [1.82, 2.24) is 0 Å². The van der Waals surface area contributed by atoms with Crippen LogP contribution in [0.3, 0.4) is 0 Å². The number of rotatable bonds is 3. The Morgan fingerprint density at radius 1 is 1.40 bits per heavy atom. The number of nitrogens with one attached hydrogen (secondary N) is 1. The van der Waals surface area contributed by atoms with Gasteiger partial charge in [0.1, 0.15) is 5.75 Å². The predicted octanol–water partition coefficient (Wildman–Crippen LogP) is 1.99. The van der Waals surface area contributed by atoms with Crippen LogP contribution in [0.4, 0.5) is 10.5 Å². The smallest absolute Gasteiger partial charge is 0.409 e. The van der Waals surface area contributed by atoms with Gasteiger partial charge in [0.05, 0.1) is 12.8 Å². The number of Topliss-reactive ketones (excluding diaryl/α,β-unsaturated/α-hetero) is 1. The molecular formula is C10H11NO4. The molecular weight excluding hydrogens is 198 g/mol. The molecule has 5 nitrogen and oxygen atoms in total. The lowest BCUT2D eigenvalue weighted by atomic mass is 10.1. The number of carboxylic acid groups (broad SMARTS) is 1. The molecule has 0 saturated carbocycles. The van der Waals surface area contributed by atoms with Gasteiger partial charge in [0.2, 0.25) is 0 Å². The number of hydrogen-bond donors (Lipinski definition) is 2. The molecule has 0 heterocycles. The first-order valence-electron chi connectivity index (χ1n) is 4.23. The van der Waals surface area contributed by atoms with Gasteiger partial charge in [0.15, 0.2) is 5.78 Å². The molecule has 1 aromatic rings. The Bertz CT molecular complexity index is 400. The van der Waals surface area contributed by atoms with E-state index in [2.05, 4.69) is 5.32 Å². The molecule has 5 heteroatoms. The van der Waals surface area contributed by atoms with Gasteiger partial charge >= 0.3 is 6.09 Å². The van der Waals surface area contributed by atoms with Crippen LogP contribution in [0.1, 0.15) is 17.3 Å². The van der Waals surface area contributed by atoms with Gasteiger partial charge in [0.25, 0.3) is 0 Å². The molecule has 0 radical (unpaired) electrons. The third kappa shape index (κ3) is 2.70. The Morgan fingerprint density at radius 3 is 2.53 bits per heavy atom. The Morgan fingerprint density at radius 2 is 2.07 bits per heavy atom. The van der Waals surface area contributed by atoms with Crippen molar-refractivity contribution in [3.05, 3.63) is 23.8 Å². The van der Waals surface area contributed by atoms with Crippen molar-refractivity contribution in [1.29, 1.82) is 0 Å². The van der Waals surface area contributed by atoms with Crippen molar-refractivity contribution < 1.29 is 19.4 Å². The number of carbonyl (C=O) groups is 2. The lowest BCUT2D eigenvalue weighted by molar-refractivity contribution is 0.101. The van der Waals surface area contributed by atoms with E-state index < -0.39 is 6.09 Å². The monoisotopic (exact) mass is 209 g/mol. The fourth-order valence-corrected chi connectivity index (χ4v) is 1.17. The highest BCUT2D eigenvalue weighted by Gasteiger charge is 2.10. The van der Waals surface area contributed by atoms with Gasteiger partial charge < -0.3 is 9.84 Å². The third-order valence-corrected chi connectivity index (χ3v) is 1.85. The maximum Gasteiger partial charge on any atom is 0.409 e. The molecule has 0 fully saturated rings. The molecule has 0 spiro atoms. The summed E-state index contributed by atoms with van der Waals surface area (Å²) in [6.45, 7) is 1.36. The number of hydrogen-bond acceptors (Lipinski definition) is 3. The lowest BCUT2D eigenvalue weighted by Crippen LogP contribution is -2.10. The van der Waals surface area contributed by atoms with E-state index in [1.165, 1.54) is 26.2 Å². The molecule has 0 aliphatic heterocycles. The molecule has 0 aliphatic carbocycles. The molecule has 0 saturated heterocycles. The van der Waals surface area contributed by atoms with Crippen molar-refractivity contribution in [3.8, 4) is 5.75 Å². The minimum absolute atomic E-state index is 0.224. The first-order valence-corrected chi connectivity index (χ1v) is 4.23. The van der Waals surface area contributed by atoms with E-state index in [0.29, 0.717) is 5.75 Å². The highest BCUT2D eigenvalue weighted by atomic mass is 16.5. The predicted molar refractivity (Wildman–Crippen MR) is 54.6 cm³/mol. The zero-order chi connectivity index (χ0) is 11.4. The molecule has 0 aromatic heterocycles. The fraction of sp³-hybridized carbons (Fsp3) is 0.200. The number of carbonyl (C=O) groups excluding carboxylic acids is 1. The van der Waals surface area contributed by atoms with Crippen LogP contribution >= 0.6 is 0 Å². The van der Waals surface area contributed by atoms with Crippen LogP contribution in [-0.4, -0.2) is 24.1 Å². The summed E-state index contributed by atoms with van der Waals surface area (Å²) >= 11 is 0. The van der Waals surface area contributed by atoms with E-state index in [1.54, 1.807) is 6.07 Å². The van der Waals surface area contributed by atoms with Crippen molar-refractivity contribution in [2.24, 2.45) is 0 Å². The van der Waals surface area contributed by atoms with Crippen LogP contribution in [-0.2, 0) is 0 Å². The molecule has 1 rings (SSSR count). The quantitative estimate of drug-likeness (QED) is 0.746. The first-order chi connectivity index (χ1) is 7.04. The summed E-state index contributed by atoms with van der Waals surface area (Å²) in [5.74, 6) is 0.286. The summed E-state index contributed by atoms with van der Waals surface area (Å²) in [7, 11) is 1.48. The SMILES string of the molecule is COc1ccc(NC(=O)O)c(C(C)=O)c1. The van der Waals surface area contributed by atoms with Crippen molar-refractivity contribution in [2.45, 2.75) is 6.92 Å². The van der Waals surface area contributed by atoms with Crippen molar-refractivity contribution in [3.63, 3.8) is 0 Å². The minimum Gasteiger partial charge on any atom is -0.497 e. The number of amides is 1. The Hall–Kier alpha value is -2.04. The average molecular weight is 209 g/mol. The Labute approximate surface area is 86.7 Å². The van der Waals surface area contributed by atoms with E-state index in [-0.39, 0.29) is 17.0 Å². The van der Waals surface area contributed by atoms with E-state index in [4.69, 9.17) is 9.84 Å². The molecule has 1 aromatic carbocycles. The summed E-state index contributed by atoms with van der Waals surface area (Å²) in [6.07, 6.45) is -1.21. The van der Waals surface area contributed by atoms with Gasteiger partial charge in [0, 0.05) is 5.56 Å². The molecule has 0 atom stereocenters. The van der Waals surface area contributed by atoms with E-state index >= 15 is 0 Å². The van der Waals surface area contributed by atoms with Crippen LogP contribution < -0.4 is 10.1 Å². The zero-order valence-corrected chi connectivity index (χ0v) is 8.40. The number of benzene rings is 1.